The molecule has 0 spiro atoms. The Hall–Kier alpha value is -8.43. The predicted molar refractivity (Wildman–Crippen MR) is 266 cm³/mol. The van der Waals surface area contributed by atoms with Gasteiger partial charge in [-0.05, 0) is 110 Å². The molecule has 6 aromatic rings. The van der Waals surface area contributed by atoms with Crippen molar-refractivity contribution in [1.82, 2.24) is 56.3 Å². The van der Waals surface area contributed by atoms with Gasteiger partial charge in [0, 0.05) is 18.0 Å². The van der Waals surface area contributed by atoms with Crippen molar-refractivity contribution in [2.45, 2.75) is 70.5 Å². The summed E-state index contributed by atoms with van der Waals surface area (Å²) in [6.07, 6.45) is -2.07. The van der Waals surface area contributed by atoms with E-state index in [1.165, 1.54) is 94.0 Å². The molecule has 6 N–H and O–H groups in total. The van der Waals surface area contributed by atoms with E-state index in [0.29, 0.717) is 15.4 Å². The summed E-state index contributed by atoms with van der Waals surface area (Å²) in [5, 5.41) is 62.6. The highest BCUT2D eigenvalue weighted by molar-refractivity contribution is 7.92. The molecule has 2 unspecified atom stereocenters. The van der Waals surface area contributed by atoms with Gasteiger partial charge in [0.1, 0.15) is 18.9 Å². The van der Waals surface area contributed by atoms with E-state index < -0.39 is 92.6 Å². The molecule has 4 aromatic heterocycles. The summed E-state index contributed by atoms with van der Waals surface area (Å²) >= 11 is 0. The van der Waals surface area contributed by atoms with Crippen molar-refractivity contribution in [2.75, 3.05) is 51.1 Å². The summed E-state index contributed by atoms with van der Waals surface area (Å²) in [5.41, 5.74) is 1.24. The average Bonchev–Trinajstić information content (AvgIpc) is 2.64. The van der Waals surface area contributed by atoms with Crippen molar-refractivity contribution in [2.24, 2.45) is 0 Å². The summed E-state index contributed by atoms with van der Waals surface area (Å²) in [6, 6.07) is 17.4. The van der Waals surface area contributed by atoms with Gasteiger partial charge >= 0.3 is 18.3 Å². The Morgan fingerprint density at radius 3 is 1.99 bits per heavy atom. The first-order valence-corrected chi connectivity index (χ1v) is 25.7. The number of hydrogen-bond donors (Lipinski definition) is 6. The van der Waals surface area contributed by atoms with Crippen LogP contribution in [0.15, 0.2) is 90.2 Å². The quantitative estimate of drug-likeness (QED) is 0.0101. The van der Waals surface area contributed by atoms with Crippen LogP contribution in [0.2, 0.25) is 0 Å². The fourth-order valence-electron chi connectivity index (χ4n) is 6.87. The van der Waals surface area contributed by atoms with Crippen LogP contribution in [0.1, 0.15) is 67.2 Å². The Balaban J connectivity index is 1.43. The normalized spacial score (nSPS) is 12.2. The number of ether oxygens (including phenoxy) is 8. The van der Waals surface area contributed by atoms with Gasteiger partial charge in [0.15, 0.2) is 40.6 Å². The van der Waals surface area contributed by atoms with Gasteiger partial charge in [-0.15, -0.1) is 5.10 Å². The van der Waals surface area contributed by atoms with Gasteiger partial charge in [-0.1, -0.05) is 30.3 Å². The van der Waals surface area contributed by atoms with Crippen molar-refractivity contribution >= 4 is 34.1 Å². The summed E-state index contributed by atoms with van der Waals surface area (Å²) < 4.78 is 77.2. The molecule has 4 heterocycles. The molecule has 35 heteroatoms. The summed E-state index contributed by atoms with van der Waals surface area (Å²) in [4.78, 5) is 70.8. The van der Waals surface area contributed by atoms with Gasteiger partial charge in [0.2, 0.25) is 11.6 Å². The highest BCUT2D eigenvalue weighted by Gasteiger charge is 2.39. The number of carbonyl (C=O) groups is 3. The lowest BCUT2D eigenvalue weighted by molar-refractivity contribution is -0.497. The molecule has 0 radical (unpaired) electrons. The van der Waals surface area contributed by atoms with E-state index >= 15 is 8.42 Å². The van der Waals surface area contributed by atoms with Crippen LogP contribution >= 0.6 is 0 Å². The molecule has 2 atom stereocenters. The summed E-state index contributed by atoms with van der Waals surface area (Å²) in [7, 11) is -3.68. The fourth-order valence-corrected chi connectivity index (χ4v) is 8.28. The Kier molecular flexibility index (Phi) is 23.7. The largest absolute Gasteiger partial charge is 0.510 e. The molecular formula is C47H56N12O22S. The smallest absolute Gasteiger partial charge is 0.493 e. The van der Waals surface area contributed by atoms with E-state index in [1.54, 1.807) is 19.1 Å². The zero-order chi connectivity index (χ0) is 59.2. The van der Waals surface area contributed by atoms with Crippen molar-refractivity contribution < 1.29 is 106 Å². The first-order chi connectivity index (χ1) is 39.3. The van der Waals surface area contributed by atoms with Gasteiger partial charge in [0.05, 0.1) is 61.9 Å². The number of hydrogen-bond acceptors (Lipinski definition) is 32. The number of methoxy groups -OCH3 is 1. The number of esters is 1. The Morgan fingerprint density at radius 1 is 0.707 bits per heavy atom. The molecule has 6 rings (SSSR count). The number of sulfonamides is 1. The fraction of sp³-hybridized carbons (Fsp3) is 0.362. The van der Waals surface area contributed by atoms with Crippen molar-refractivity contribution in [3.8, 4) is 46.0 Å². The number of pyridine rings is 2. The van der Waals surface area contributed by atoms with Gasteiger partial charge in [0.25, 0.3) is 15.9 Å². The van der Waals surface area contributed by atoms with Crippen LogP contribution in [0, 0.1) is 6.92 Å². The molecule has 0 bridgehead atoms. The number of aryl methyl sites for hydroxylation is 1. The van der Waals surface area contributed by atoms with E-state index in [4.69, 9.17) is 74.1 Å². The van der Waals surface area contributed by atoms with Crippen LogP contribution in [-0.2, 0) is 54.8 Å². The number of aromatic nitrogens is 8. The number of nitrogens with zero attached hydrogens (tertiary/aromatic N) is 12. The third-order valence-electron chi connectivity index (χ3n) is 10.7. The highest BCUT2D eigenvalue weighted by atomic mass is 32.2. The first kappa shape index (κ1) is 62.8. The molecule has 82 heavy (non-hydrogen) atoms. The van der Waals surface area contributed by atoms with E-state index in [2.05, 4.69) is 45.0 Å². The molecule has 0 aliphatic heterocycles. The zero-order valence-corrected chi connectivity index (χ0v) is 44.8. The first-order valence-electron chi connectivity index (χ1n) is 24.3. The van der Waals surface area contributed by atoms with Gasteiger partial charge in [-0.2, -0.15) is 18.1 Å². The maximum atomic E-state index is 15.2. The third kappa shape index (κ3) is 18.6. The van der Waals surface area contributed by atoms with Gasteiger partial charge in [-0.3, -0.25) is 45.9 Å². The molecule has 0 fully saturated rings. The van der Waals surface area contributed by atoms with Crippen LogP contribution in [-0.4, -0.2) is 167 Å². The Labute approximate surface area is 465 Å². The van der Waals surface area contributed by atoms with Crippen LogP contribution in [0.3, 0.4) is 0 Å². The molecule has 0 aliphatic rings. The molecule has 0 saturated carbocycles. The molecule has 0 amide bonds. The Morgan fingerprint density at radius 2 is 1.35 bits per heavy atom. The highest BCUT2D eigenvalue weighted by Crippen LogP contribution is 2.45. The number of carbonyl (C=O) groups excluding carboxylic acids is 3. The number of unbranched alkanes of at least 4 members (excludes halogenated alkanes) is 2. The second-order valence-corrected chi connectivity index (χ2v) is 18.3. The molecule has 34 nitrogen and oxygen atoms in total. The molecule has 442 valence electrons. The van der Waals surface area contributed by atoms with E-state index in [-0.39, 0.29) is 98.7 Å². The SMILES string of the molecule is COc1ccccc1Oc1c(OCCOC(=O)c2ccc(CON(O)O)cc2)nc(-c2ccnc(-c3nnnn3C(C)OC(=O)OCCCCON(O)O)c2)nc1N(C(C)OC(=O)OCCCCON(O)O)S(=O)(=O)c1ccc(C)cn1. The average molecular weight is 1170 g/mol. The number of tetrazole rings is 1. The van der Waals surface area contributed by atoms with Gasteiger partial charge < -0.3 is 37.9 Å². The summed E-state index contributed by atoms with van der Waals surface area (Å²) in [5.74, 6) is -2.76. The minimum absolute atomic E-state index is 0.0238. The number of benzene rings is 2. The van der Waals surface area contributed by atoms with Gasteiger partial charge in [-0.25, -0.2) is 33.5 Å². The molecule has 0 saturated heterocycles. The van der Waals surface area contributed by atoms with Crippen LogP contribution in [0.5, 0.6) is 23.1 Å². The molecule has 0 aliphatic carbocycles. The van der Waals surface area contributed by atoms with Crippen LogP contribution < -0.4 is 18.5 Å². The van der Waals surface area contributed by atoms with E-state index in [0.717, 1.165) is 4.68 Å². The third-order valence-corrected chi connectivity index (χ3v) is 12.4. The zero-order valence-electron chi connectivity index (χ0n) is 44.0. The van der Waals surface area contributed by atoms with E-state index in [1.807, 2.05) is 0 Å². The van der Waals surface area contributed by atoms with Crippen LogP contribution in [0.4, 0.5) is 15.4 Å². The maximum Gasteiger partial charge on any atom is 0.510 e. The second-order valence-electron chi connectivity index (χ2n) is 16.5. The van der Waals surface area contributed by atoms with Crippen LogP contribution in [0.25, 0.3) is 22.9 Å². The standard InChI is InChI=1S/C47H56N12O22S/c1-30-13-18-39(49-28-30)82(69,70)56(32(3)80-47(62)75-22-8-10-24-77-58(65)66)43-40(81-38-12-6-5-11-37(38)71-4)44(72-25-26-73-45(60)34-16-14-33(15-17-34)29-78-59(67)68)51-41(50-43)35-19-20-48-36(27-35)42-52-53-54-55(42)31(2)79-46(61)74-21-7-9-23-76-57(63)64/h5-6,11-20,27-28,31-32,63-68H,7-10,21-26,29H2,1-4H3. The van der Waals surface area contributed by atoms with E-state index in [9.17, 15) is 14.4 Å². The minimum Gasteiger partial charge on any atom is -0.493 e. The maximum absolute atomic E-state index is 15.2. The van der Waals surface area contributed by atoms with Crippen molar-refractivity contribution in [1.29, 1.82) is 0 Å². The van der Waals surface area contributed by atoms with Crippen molar-refractivity contribution in [3.05, 3.63) is 102 Å². The lowest BCUT2D eigenvalue weighted by Gasteiger charge is -2.30. The number of anilines is 1. The number of para-hydroxylation sites is 2. The lowest BCUT2D eigenvalue weighted by atomic mass is 10.1. The summed E-state index contributed by atoms with van der Waals surface area (Å²) in [6.45, 7) is 2.44. The monoisotopic (exact) mass is 1170 g/mol. The predicted octanol–water partition coefficient (Wildman–Crippen LogP) is 5.39. The Bertz CT molecular complexity index is 3130. The second kappa shape index (κ2) is 31.0. The molecule has 2 aromatic carbocycles. The van der Waals surface area contributed by atoms with Crippen molar-refractivity contribution in [3.63, 3.8) is 0 Å². The minimum atomic E-state index is -5.02. The topological polar surface area (TPSA) is 416 Å². The number of rotatable bonds is 32. The lowest BCUT2D eigenvalue weighted by Crippen LogP contribution is -2.42. The molecular weight excluding hydrogens is 1120 g/mol.